The summed E-state index contributed by atoms with van der Waals surface area (Å²) in [5.41, 5.74) is 1.83. The average molecular weight is 308 g/mol. The molecule has 124 valence electrons. The van der Waals surface area contributed by atoms with Crippen molar-refractivity contribution in [2.24, 2.45) is 0 Å². The SMILES string of the molecule is Cc1noc(C)c1CN(C)C(=O)NCCN1CCCC[C@@H]1C. The van der Waals surface area contributed by atoms with Gasteiger partial charge in [-0.2, -0.15) is 0 Å². The summed E-state index contributed by atoms with van der Waals surface area (Å²) in [4.78, 5) is 16.3. The van der Waals surface area contributed by atoms with Crippen LogP contribution in [-0.4, -0.2) is 53.7 Å². The van der Waals surface area contributed by atoms with Crippen molar-refractivity contribution in [2.75, 3.05) is 26.7 Å². The van der Waals surface area contributed by atoms with Crippen LogP contribution >= 0.6 is 0 Å². The topological polar surface area (TPSA) is 61.6 Å². The lowest BCUT2D eigenvalue weighted by Crippen LogP contribution is -2.44. The predicted octanol–water partition coefficient (Wildman–Crippen LogP) is 2.31. The molecule has 0 radical (unpaired) electrons. The van der Waals surface area contributed by atoms with Crippen LogP contribution in [0.2, 0.25) is 0 Å². The first-order valence-electron chi connectivity index (χ1n) is 8.13. The van der Waals surface area contributed by atoms with Crippen LogP contribution in [0.15, 0.2) is 4.52 Å². The molecule has 1 fully saturated rings. The van der Waals surface area contributed by atoms with E-state index in [0.29, 0.717) is 19.1 Å². The lowest BCUT2D eigenvalue weighted by Gasteiger charge is -2.33. The number of hydrogen-bond donors (Lipinski definition) is 1. The largest absolute Gasteiger partial charge is 0.361 e. The summed E-state index contributed by atoms with van der Waals surface area (Å²) in [6.07, 6.45) is 3.86. The third kappa shape index (κ3) is 4.22. The molecule has 0 aliphatic carbocycles. The summed E-state index contributed by atoms with van der Waals surface area (Å²) in [6, 6.07) is 0.579. The fourth-order valence-corrected chi connectivity index (χ4v) is 2.97. The van der Waals surface area contributed by atoms with Gasteiger partial charge in [0, 0.05) is 31.7 Å². The maximum absolute atomic E-state index is 12.2. The van der Waals surface area contributed by atoms with Gasteiger partial charge in [0.05, 0.1) is 12.2 Å². The van der Waals surface area contributed by atoms with Gasteiger partial charge in [-0.1, -0.05) is 11.6 Å². The van der Waals surface area contributed by atoms with E-state index in [4.69, 9.17) is 4.52 Å². The highest BCUT2D eigenvalue weighted by Gasteiger charge is 2.19. The molecule has 0 aromatic carbocycles. The molecule has 6 heteroatoms. The Morgan fingerprint density at radius 2 is 2.23 bits per heavy atom. The van der Waals surface area contributed by atoms with Crippen LogP contribution in [0.4, 0.5) is 4.79 Å². The molecular weight excluding hydrogens is 280 g/mol. The first-order valence-corrected chi connectivity index (χ1v) is 8.13. The minimum atomic E-state index is -0.0512. The molecule has 0 unspecified atom stereocenters. The predicted molar refractivity (Wildman–Crippen MR) is 85.7 cm³/mol. The molecule has 1 saturated heterocycles. The smallest absolute Gasteiger partial charge is 0.317 e. The number of carbonyl (C=O) groups is 1. The Morgan fingerprint density at radius 3 is 2.86 bits per heavy atom. The van der Waals surface area contributed by atoms with E-state index in [9.17, 15) is 4.79 Å². The molecule has 0 spiro atoms. The number of hydrogen-bond acceptors (Lipinski definition) is 4. The van der Waals surface area contributed by atoms with E-state index in [2.05, 4.69) is 22.3 Å². The van der Waals surface area contributed by atoms with Crippen molar-refractivity contribution in [1.82, 2.24) is 20.3 Å². The van der Waals surface area contributed by atoms with Gasteiger partial charge in [-0.05, 0) is 40.2 Å². The number of carbonyl (C=O) groups excluding carboxylic acids is 1. The van der Waals surface area contributed by atoms with Crippen molar-refractivity contribution in [3.63, 3.8) is 0 Å². The number of urea groups is 1. The zero-order valence-corrected chi connectivity index (χ0v) is 14.2. The first kappa shape index (κ1) is 16.8. The molecule has 2 heterocycles. The molecule has 2 amide bonds. The van der Waals surface area contributed by atoms with E-state index in [1.807, 2.05) is 13.8 Å². The Labute approximate surface area is 132 Å². The number of amides is 2. The minimum absolute atomic E-state index is 0.0512. The van der Waals surface area contributed by atoms with Gasteiger partial charge in [-0.3, -0.25) is 4.90 Å². The number of nitrogens with zero attached hydrogens (tertiary/aromatic N) is 3. The van der Waals surface area contributed by atoms with E-state index in [1.54, 1.807) is 11.9 Å². The van der Waals surface area contributed by atoms with Gasteiger partial charge >= 0.3 is 6.03 Å². The number of nitrogens with one attached hydrogen (secondary N) is 1. The molecule has 0 bridgehead atoms. The van der Waals surface area contributed by atoms with Gasteiger partial charge in [0.2, 0.25) is 0 Å². The highest BCUT2D eigenvalue weighted by Crippen LogP contribution is 2.16. The molecule has 2 rings (SSSR count). The number of likely N-dealkylation sites (tertiary alicyclic amines) is 1. The Kier molecular flexibility index (Phi) is 5.83. The molecule has 1 N–H and O–H groups in total. The maximum atomic E-state index is 12.2. The molecule has 1 aromatic heterocycles. The summed E-state index contributed by atoms with van der Waals surface area (Å²) in [5, 5.41) is 6.92. The van der Waals surface area contributed by atoms with Crippen molar-refractivity contribution < 1.29 is 9.32 Å². The van der Waals surface area contributed by atoms with Crippen LogP contribution in [0.3, 0.4) is 0 Å². The van der Waals surface area contributed by atoms with Gasteiger partial charge in [-0.15, -0.1) is 0 Å². The number of aryl methyl sites for hydroxylation is 2. The quantitative estimate of drug-likeness (QED) is 0.906. The molecule has 1 aliphatic heterocycles. The zero-order chi connectivity index (χ0) is 16.1. The Morgan fingerprint density at radius 1 is 1.45 bits per heavy atom. The number of rotatable bonds is 5. The van der Waals surface area contributed by atoms with Gasteiger partial charge in [-0.25, -0.2) is 4.79 Å². The average Bonchev–Trinajstić information content (AvgIpc) is 2.81. The van der Waals surface area contributed by atoms with Gasteiger partial charge in [0.25, 0.3) is 0 Å². The standard InChI is InChI=1S/C16H28N4O2/c1-12-7-5-6-9-20(12)10-8-17-16(21)19(4)11-15-13(2)18-22-14(15)3/h12H,5-11H2,1-4H3,(H,17,21)/t12-/m0/s1. The van der Waals surface area contributed by atoms with Gasteiger partial charge in [0.15, 0.2) is 0 Å². The fourth-order valence-electron chi connectivity index (χ4n) is 2.97. The van der Waals surface area contributed by atoms with E-state index in [1.165, 1.54) is 19.3 Å². The third-order valence-electron chi connectivity index (χ3n) is 4.54. The van der Waals surface area contributed by atoms with E-state index in [-0.39, 0.29) is 6.03 Å². The molecule has 6 nitrogen and oxygen atoms in total. The van der Waals surface area contributed by atoms with Crippen LogP contribution in [0.25, 0.3) is 0 Å². The van der Waals surface area contributed by atoms with Crippen molar-refractivity contribution >= 4 is 6.03 Å². The molecule has 1 aromatic rings. The van der Waals surface area contributed by atoms with E-state index in [0.717, 1.165) is 30.1 Å². The Hall–Kier alpha value is -1.56. The van der Waals surface area contributed by atoms with E-state index >= 15 is 0 Å². The molecule has 1 atom stereocenters. The number of aromatic nitrogens is 1. The third-order valence-corrected chi connectivity index (χ3v) is 4.54. The molecule has 0 saturated carbocycles. The van der Waals surface area contributed by atoms with Crippen molar-refractivity contribution in [1.29, 1.82) is 0 Å². The van der Waals surface area contributed by atoms with Crippen LogP contribution < -0.4 is 5.32 Å². The first-order chi connectivity index (χ1) is 10.5. The maximum Gasteiger partial charge on any atom is 0.317 e. The summed E-state index contributed by atoms with van der Waals surface area (Å²) in [7, 11) is 1.80. The summed E-state index contributed by atoms with van der Waals surface area (Å²) in [6.45, 7) is 9.32. The van der Waals surface area contributed by atoms with Crippen LogP contribution in [-0.2, 0) is 6.54 Å². The highest BCUT2D eigenvalue weighted by molar-refractivity contribution is 5.73. The lowest BCUT2D eigenvalue weighted by atomic mass is 10.0. The summed E-state index contributed by atoms with van der Waals surface area (Å²) >= 11 is 0. The fraction of sp³-hybridized carbons (Fsp3) is 0.750. The van der Waals surface area contributed by atoms with E-state index < -0.39 is 0 Å². The van der Waals surface area contributed by atoms with Crippen LogP contribution in [0.5, 0.6) is 0 Å². The molecule has 1 aliphatic rings. The van der Waals surface area contributed by atoms with Gasteiger partial charge in [0.1, 0.15) is 5.76 Å². The lowest BCUT2D eigenvalue weighted by molar-refractivity contribution is 0.159. The summed E-state index contributed by atoms with van der Waals surface area (Å²) < 4.78 is 5.13. The summed E-state index contributed by atoms with van der Waals surface area (Å²) in [5.74, 6) is 0.777. The van der Waals surface area contributed by atoms with Crippen molar-refractivity contribution in [2.45, 2.75) is 52.6 Å². The van der Waals surface area contributed by atoms with Gasteiger partial charge < -0.3 is 14.7 Å². The zero-order valence-electron chi connectivity index (χ0n) is 14.2. The second kappa shape index (κ2) is 7.63. The van der Waals surface area contributed by atoms with Crippen molar-refractivity contribution in [3.8, 4) is 0 Å². The second-order valence-corrected chi connectivity index (χ2v) is 6.27. The van der Waals surface area contributed by atoms with Crippen LogP contribution in [0.1, 0.15) is 43.2 Å². The highest BCUT2D eigenvalue weighted by atomic mass is 16.5. The monoisotopic (exact) mass is 308 g/mol. The van der Waals surface area contributed by atoms with Crippen LogP contribution in [0, 0.1) is 13.8 Å². The second-order valence-electron chi connectivity index (χ2n) is 6.27. The molecular formula is C16H28N4O2. The minimum Gasteiger partial charge on any atom is -0.361 e. The normalized spacial score (nSPS) is 19.2. The Balaban J connectivity index is 1.74. The van der Waals surface area contributed by atoms with Crippen molar-refractivity contribution in [3.05, 3.63) is 17.0 Å². The number of piperidine rings is 1. The Bertz CT molecular complexity index is 481. The molecule has 22 heavy (non-hydrogen) atoms.